The van der Waals surface area contributed by atoms with Gasteiger partial charge in [-0.2, -0.15) is 0 Å². The Morgan fingerprint density at radius 2 is 2.00 bits per heavy atom. The van der Waals surface area contributed by atoms with E-state index in [1.807, 2.05) is 25.1 Å². The van der Waals surface area contributed by atoms with Crippen LogP contribution in [0.25, 0.3) is 11.6 Å². The second-order valence-electron chi connectivity index (χ2n) is 6.64. The topological polar surface area (TPSA) is 108 Å². The molecule has 146 valence electrons. The van der Waals surface area contributed by atoms with E-state index in [2.05, 4.69) is 10.3 Å². The second kappa shape index (κ2) is 7.72. The maximum Gasteiger partial charge on any atom is 0.355 e. The molecule has 0 atom stereocenters. The smallest absolute Gasteiger partial charge is 0.355 e. The first-order valence-corrected chi connectivity index (χ1v) is 9.06. The number of amides is 1. The van der Waals surface area contributed by atoms with Gasteiger partial charge in [-0.05, 0) is 56.0 Å². The molecule has 1 aromatic carbocycles. The number of hydrogen-bond donors (Lipinski definition) is 3. The van der Waals surface area contributed by atoms with Crippen LogP contribution >= 0.6 is 0 Å². The average Bonchev–Trinajstić information content (AvgIpc) is 3.11. The van der Waals surface area contributed by atoms with E-state index in [1.54, 1.807) is 19.9 Å². The number of nitrogens with one attached hydrogen (secondary N) is 2. The molecule has 1 aliphatic heterocycles. The average molecular weight is 382 g/mol. The molecule has 7 heteroatoms. The Labute approximate surface area is 162 Å². The fraction of sp³-hybridized carbons (Fsp3) is 0.286. The highest BCUT2D eigenvalue weighted by atomic mass is 16.5. The van der Waals surface area contributed by atoms with Gasteiger partial charge in [0.2, 0.25) is 0 Å². The Balaban J connectivity index is 2.12. The normalized spacial score (nSPS) is 14.1. The Hall–Kier alpha value is -3.35. The number of aliphatic carboxylic acids is 1. The highest BCUT2D eigenvalue weighted by Crippen LogP contribution is 2.36. The monoisotopic (exact) mass is 382 g/mol. The number of anilines is 1. The maximum absolute atomic E-state index is 12.5. The molecule has 0 aliphatic carbocycles. The van der Waals surface area contributed by atoms with Crippen LogP contribution in [-0.4, -0.2) is 34.5 Å². The van der Waals surface area contributed by atoms with Crippen molar-refractivity contribution in [1.29, 1.82) is 0 Å². The molecule has 0 saturated heterocycles. The van der Waals surface area contributed by atoms with E-state index in [1.165, 1.54) is 0 Å². The van der Waals surface area contributed by atoms with Gasteiger partial charge in [0.25, 0.3) is 5.91 Å². The Kier molecular flexibility index (Phi) is 5.35. The number of carbonyl (C=O) groups excluding carboxylic acids is 2. The highest BCUT2D eigenvalue weighted by Gasteiger charge is 2.27. The van der Waals surface area contributed by atoms with E-state index in [9.17, 15) is 14.4 Å². The van der Waals surface area contributed by atoms with E-state index in [-0.39, 0.29) is 31.0 Å². The minimum Gasteiger partial charge on any atom is -0.481 e. The summed E-state index contributed by atoms with van der Waals surface area (Å²) < 4.78 is 5.08. The summed E-state index contributed by atoms with van der Waals surface area (Å²) in [5.74, 6) is -1.68. The zero-order chi connectivity index (χ0) is 20.4. The number of fused-ring (bicyclic) bond motifs is 1. The fourth-order valence-electron chi connectivity index (χ4n) is 3.46. The molecule has 3 N–H and O–H groups in total. The molecule has 1 aromatic heterocycles. The number of rotatable bonds is 6. The van der Waals surface area contributed by atoms with Crippen LogP contribution in [0, 0.1) is 13.8 Å². The van der Waals surface area contributed by atoms with E-state index in [4.69, 9.17) is 9.84 Å². The lowest BCUT2D eigenvalue weighted by Gasteiger charge is -2.04. The zero-order valence-electron chi connectivity index (χ0n) is 16.0. The predicted octanol–water partition coefficient (Wildman–Crippen LogP) is 3.32. The molecule has 0 spiro atoms. The van der Waals surface area contributed by atoms with Crippen LogP contribution in [0.5, 0.6) is 0 Å². The van der Waals surface area contributed by atoms with Crippen molar-refractivity contribution in [2.75, 3.05) is 11.9 Å². The van der Waals surface area contributed by atoms with Crippen molar-refractivity contribution < 1.29 is 24.2 Å². The predicted molar refractivity (Wildman–Crippen MR) is 105 cm³/mol. The SMILES string of the molecule is CCOC(=O)c1[nH]c(/C=C2\C(=O)Nc3cccc(C)c32)c(CCC(=O)O)c1C. The number of aromatic nitrogens is 1. The number of hydrogen-bond acceptors (Lipinski definition) is 4. The molecular weight excluding hydrogens is 360 g/mol. The number of esters is 1. The molecule has 0 bridgehead atoms. The van der Waals surface area contributed by atoms with Crippen LogP contribution in [0.15, 0.2) is 18.2 Å². The number of carbonyl (C=O) groups is 3. The molecule has 7 nitrogen and oxygen atoms in total. The summed E-state index contributed by atoms with van der Waals surface area (Å²) in [5.41, 5.74) is 5.10. The van der Waals surface area contributed by atoms with E-state index in [0.29, 0.717) is 22.4 Å². The Morgan fingerprint density at radius 3 is 2.68 bits per heavy atom. The van der Waals surface area contributed by atoms with Crippen LogP contribution in [0.4, 0.5) is 5.69 Å². The second-order valence-corrected chi connectivity index (χ2v) is 6.64. The van der Waals surface area contributed by atoms with Gasteiger partial charge in [-0.25, -0.2) is 4.79 Å². The van der Waals surface area contributed by atoms with Gasteiger partial charge >= 0.3 is 11.9 Å². The minimum absolute atomic E-state index is 0.0844. The quantitative estimate of drug-likeness (QED) is 0.525. The third kappa shape index (κ3) is 3.55. The molecule has 2 aromatic rings. The van der Waals surface area contributed by atoms with Crippen LogP contribution in [-0.2, 0) is 20.7 Å². The summed E-state index contributed by atoms with van der Waals surface area (Å²) >= 11 is 0. The van der Waals surface area contributed by atoms with Crippen molar-refractivity contribution in [1.82, 2.24) is 4.98 Å². The molecule has 2 heterocycles. The van der Waals surface area contributed by atoms with Crippen molar-refractivity contribution >= 4 is 35.2 Å². The van der Waals surface area contributed by atoms with Crippen LogP contribution in [0.2, 0.25) is 0 Å². The summed E-state index contributed by atoms with van der Waals surface area (Å²) in [4.78, 5) is 38.9. The van der Waals surface area contributed by atoms with Crippen molar-refractivity contribution in [3.05, 3.63) is 51.8 Å². The van der Waals surface area contributed by atoms with Crippen molar-refractivity contribution in [2.24, 2.45) is 0 Å². The molecule has 3 rings (SSSR count). The summed E-state index contributed by atoms with van der Waals surface area (Å²) in [5, 5.41) is 11.9. The van der Waals surface area contributed by atoms with Gasteiger partial charge in [0, 0.05) is 23.4 Å². The van der Waals surface area contributed by atoms with Gasteiger partial charge in [-0.1, -0.05) is 12.1 Å². The number of carboxylic acid groups (broad SMARTS) is 1. The van der Waals surface area contributed by atoms with Crippen molar-refractivity contribution in [2.45, 2.75) is 33.6 Å². The highest BCUT2D eigenvalue weighted by molar-refractivity contribution is 6.35. The Bertz CT molecular complexity index is 1000. The van der Waals surface area contributed by atoms with E-state index in [0.717, 1.165) is 16.8 Å². The first-order chi connectivity index (χ1) is 13.3. The third-order valence-electron chi connectivity index (χ3n) is 4.80. The molecule has 28 heavy (non-hydrogen) atoms. The number of ether oxygens (including phenoxy) is 1. The lowest BCUT2D eigenvalue weighted by atomic mass is 9.98. The molecule has 1 aliphatic rings. The van der Waals surface area contributed by atoms with Gasteiger partial charge in [0.15, 0.2) is 0 Å². The summed E-state index contributed by atoms with van der Waals surface area (Å²) in [6.07, 6.45) is 1.83. The largest absolute Gasteiger partial charge is 0.481 e. The van der Waals surface area contributed by atoms with Crippen LogP contribution in [0.1, 0.15) is 51.8 Å². The van der Waals surface area contributed by atoms with Crippen LogP contribution < -0.4 is 5.32 Å². The number of aryl methyl sites for hydroxylation is 1. The molecular formula is C21H22N2O5. The molecule has 1 amide bonds. The van der Waals surface area contributed by atoms with Gasteiger partial charge in [0.1, 0.15) is 5.69 Å². The third-order valence-corrected chi connectivity index (χ3v) is 4.80. The lowest BCUT2D eigenvalue weighted by molar-refractivity contribution is -0.137. The fourth-order valence-corrected chi connectivity index (χ4v) is 3.46. The number of carboxylic acids is 1. The molecule has 0 fully saturated rings. The number of benzene rings is 1. The molecule has 0 unspecified atom stereocenters. The summed E-state index contributed by atoms with van der Waals surface area (Å²) in [6, 6.07) is 5.62. The molecule has 0 saturated carbocycles. The molecule has 0 radical (unpaired) electrons. The van der Waals surface area contributed by atoms with Gasteiger partial charge < -0.3 is 20.1 Å². The van der Waals surface area contributed by atoms with Gasteiger partial charge in [-0.15, -0.1) is 0 Å². The lowest BCUT2D eigenvalue weighted by Crippen LogP contribution is -2.07. The van der Waals surface area contributed by atoms with E-state index >= 15 is 0 Å². The van der Waals surface area contributed by atoms with Crippen molar-refractivity contribution in [3.8, 4) is 0 Å². The van der Waals surface area contributed by atoms with Crippen molar-refractivity contribution in [3.63, 3.8) is 0 Å². The number of aromatic amines is 1. The van der Waals surface area contributed by atoms with Crippen LogP contribution in [0.3, 0.4) is 0 Å². The van der Waals surface area contributed by atoms with Gasteiger partial charge in [0.05, 0.1) is 12.2 Å². The van der Waals surface area contributed by atoms with Gasteiger partial charge in [-0.3, -0.25) is 9.59 Å². The first-order valence-electron chi connectivity index (χ1n) is 9.06. The zero-order valence-corrected chi connectivity index (χ0v) is 16.0. The standard InChI is InChI=1S/C21H22N2O5/c1-4-28-21(27)19-12(3)13(8-9-17(24)25)16(22-19)10-14-18-11(2)6-5-7-15(18)23-20(14)26/h5-7,10,22H,4,8-9H2,1-3H3,(H,23,26)(H,24,25)/b14-10-. The summed E-state index contributed by atoms with van der Waals surface area (Å²) in [7, 11) is 0. The summed E-state index contributed by atoms with van der Waals surface area (Å²) in [6.45, 7) is 5.61. The first kappa shape index (κ1) is 19.4. The maximum atomic E-state index is 12.5. The minimum atomic E-state index is -0.934. The van der Waals surface area contributed by atoms with E-state index < -0.39 is 11.9 Å². The Morgan fingerprint density at radius 1 is 1.25 bits per heavy atom. The number of H-pyrrole nitrogens is 1.